The maximum atomic E-state index is 12.1. The van der Waals surface area contributed by atoms with Gasteiger partial charge in [-0.2, -0.15) is 0 Å². The quantitative estimate of drug-likeness (QED) is 0.740. The molecule has 0 aromatic carbocycles. The van der Waals surface area contributed by atoms with Crippen LogP contribution in [0.2, 0.25) is 0 Å². The largest absolute Gasteiger partial charge is 0.381 e. The molecule has 2 rings (SSSR count). The van der Waals surface area contributed by atoms with Gasteiger partial charge in [0.1, 0.15) is 6.61 Å². The maximum absolute atomic E-state index is 12.1. The summed E-state index contributed by atoms with van der Waals surface area (Å²) in [5.74, 6) is 0.590. The van der Waals surface area contributed by atoms with Gasteiger partial charge in [-0.3, -0.25) is 4.79 Å². The Morgan fingerprint density at radius 2 is 2.33 bits per heavy atom. The molecule has 2 aliphatic rings. The van der Waals surface area contributed by atoms with E-state index in [-0.39, 0.29) is 18.1 Å². The molecule has 5 nitrogen and oxygen atoms in total. The van der Waals surface area contributed by atoms with Gasteiger partial charge < -0.3 is 19.7 Å². The minimum absolute atomic E-state index is 0.0949. The molecule has 0 aliphatic carbocycles. The summed E-state index contributed by atoms with van der Waals surface area (Å²) in [4.78, 5) is 14.0. The van der Waals surface area contributed by atoms with Crippen LogP contribution in [0.5, 0.6) is 0 Å². The fourth-order valence-corrected chi connectivity index (χ4v) is 2.35. The molecule has 0 spiro atoms. The standard InChI is InChI=1S/C13H24N2O3/c1-3-15(6-11-4-5-17-7-11)12(16)8-18-13(2)9-14-10-13/h11,14H,3-10H2,1-2H3. The van der Waals surface area contributed by atoms with Gasteiger partial charge in [-0.1, -0.05) is 0 Å². The molecule has 104 valence electrons. The third-order valence-corrected chi connectivity index (χ3v) is 3.78. The second-order valence-corrected chi connectivity index (χ2v) is 5.50. The highest BCUT2D eigenvalue weighted by molar-refractivity contribution is 5.77. The number of carbonyl (C=O) groups is 1. The summed E-state index contributed by atoms with van der Waals surface area (Å²) >= 11 is 0. The summed E-state index contributed by atoms with van der Waals surface area (Å²) in [6.07, 6.45) is 1.06. The summed E-state index contributed by atoms with van der Waals surface area (Å²) in [7, 11) is 0. The van der Waals surface area contributed by atoms with Crippen molar-refractivity contribution in [1.82, 2.24) is 10.2 Å². The molecule has 2 fully saturated rings. The Labute approximate surface area is 109 Å². The normalized spacial score (nSPS) is 25.8. The Morgan fingerprint density at radius 3 is 2.83 bits per heavy atom. The summed E-state index contributed by atoms with van der Waals surface area (Å²) < 4.78 is 11.0. The van der Waals surface area contributed by atoms with E-state index < -0.39 is 0 Å². The average molecular weight is 256 g/mol. The molecule has 5 heteroatoms. The van der Waals surface area contributed by atoms with Crippen molar-refractivity contribution in [3.63, 3.8) is 0 Å². The minimum Gasteiger partial charge on any atom is -0.381 e. The van der Waals surface area contributed by atoms with E-state index in [9.17, 15) is 4.79 Å². The van der Waals surface area contributed by atoms with Crippen LogP contribution in [0.25, 0.3) is 0 Å². The first-order valence-electron chi connectivity index (χ1n) is 6.83. The van der Waals surface area contributed by atoms with Gasteiger partial charge in [0.05, 0.1) is 12.2 Å². The first kappa shape index (κ1) is 13.8. The van der Waals surface area contributed by atoms with Crippen molar-refractivity contribution in [1.29, 1.82) is 0 Å². The summed E-state index contributed by atoms with van der Waals surface area (Å²) in [6, 6.07) is 0. The lowest BCUT2D eigenvalue weighted by Gasteiger charge is -2.39. The van der Waals surface area contributed by atoms with Crippen molar-refractivity contribution < 1.29 is 14.3 Å². The molecular formula is C13H24N2O3. The molecule has 1 atom stereocenters. The van der Waals surface area contributed by atoms with E-state index in [0.29, 0.717) is 5.92 Å². The van der Waals surface area contributed by atoms with Crippen molar-refractivity contribution in [3.05, 3.63) is 0 Å². The number of amides is 1. The summed E-state index contributed by atoms with van der Waals surface area (Å²) in [5.41, 5.74) is -0.147. The van der Waals surface area contributed by atoms with Crippen LogP contribution in [-0.4, -0.2) is 62.4 Å². The first-order chi connectivity index (χ1) is 8.63. The van der Waals surface area contributed by atoms with Crippen LogP contribution in [0.4, 0.5) is 0 Å². The molecule has 0 radical (unpaired) electrons. The topological polar surface area (TPSA) is 50.8 Å². The molecule has 1 N–H and O–H groups in total. The van der Waals surface area contributed by atoms with Crippen LogP contribution in [0.3, 0.4) is 0 Å². The van der Waals surface area contributed by atoms with E-state index >= 15 is 0 Å². The summed E-state index contributed by atoms with van der Waals surface area (Å²) in [6.45, 7) is 9.08. The Morgan fingerprint density at radius 1 is 1.56 bits per heavy atom. The Balaban J connectivity index is 1.73. The second kappa shape index (κ2) is 5.99. The number of ether oxygens (including phenoxy) is 2. The average Bonchev–Trinajstić information content (AvgIpc) is 2.83. The molecule has 2 heterocycles. The molecule has 0 bridgehead atoms. The molecule has 1 unspecified atom stereocenters. The second-order valence-electron chi connectivity index (χ2n) is 5.50. The monoisotopic (exact) mass is 256 g/mol. The maximum Gasteiger partial charge on any atom is 0.248 e. The number of rotatable bonds is 6. The predicted molar refractivity (Wildman–Crippen MR) is 68.4 cm³/mol. The number of nitrogens with zero attached hydrogens (tertiary/aromatic N) is 1. The van der Waals surface area contributed by atoms with Gasteiger partial charge in [0, 0.05) is 38.7 Å². The van der Waals surface area contributed by atoms with Gasteiger partial charge in [-0.25, -0.2) is 0 Å². The van der Waals surface area contributed by atoms with Crippen molar-refractivity contribution in [3.8, 4) is 0 Å². The number of hydrogen-bond acceptors (Lipinski definition) is 4. The van der Waals surface area contributed by atoms with Gasteiger partial charge in [0.15, 0.2) is 0 Å². The number of likely N-dealkylation sites (N-methyl/N-ethyl adjacent to an activating group) is 1. The van der Waals surface area contributed by atoms with E-state index in [1.807, 2.05) is 18.7 Å². The van der Waals surface area contributed by atoms with Crippen LogP contribution < -0.4 is 5.32 Å². The van der Waals surface area contributed by atoms with E-state index in [0.717, 1.165) is 45.8 Å². The molecule has 2 aliphatic heterocycles. The predicted octanol–water partition coefficient (Wildman–Crippen LogP) is 0.250. The van der Waals surface area contributed by atoms with Gasteiger partial charge in [-0.05, 0) is 20.3 Å². The fourth-order valence-electron chi connectivity index (χ4n) is 2.35. The molecule has 0 aromatic rings. The van der Waals surface area contributed by atoms with Gasteiger partial charge in [0.2, 0.25) is 5.91 Å². The summed E-state index contributed by atoms with van der Waals surface area (Å²) in [5, 5.41) is 3.16. The smallest absolute Gasteiger partial charge is 0.248 e. The van der Waals surface area contributed by atoms with Crippen LogP contribution in [-0.2, 0) is 14.3 Å². The Kier molecular flexibility index (Phi) is 4.59. The molecule has 0 saturated carbocycles. The fraction of sp³-hybridized carbons (Fsp3) is 0.923. The highest BCUT2D eigenvalue weighted by atomic mass is 16.5. The molecule has 0 aromatic heterocycles. The molecule has 2 saturated heterocycles. The van der Waals surface area contributed by atoms with Crippen LogP contribution in [0, 0.1) is 5.92 Å². The molecule has 18 heavy (non-hydrogen) atoms. The van der Waals surface area contributed by atoms with Crippen molar-refractivity contribution in [2.45, 2.75) is 25.9 Å². The Bertz CT molecular complexity index is 286. The zero-order chi connectivity index (χ0) is 13.0. The number of carbonyl (C=O) groups excluding carboxylic acids is 1. The zero-order valence-corrected chi connectivity index (χ0v) is 11.4. The molecular weight excluding hydrogens is 232 g/mol. The lowest BCUT2D eigenvalue weighted by atomic mass is 10.0. The van der Waals surface area contributed by atoms with E-state index in [1.54, 1.807) is 0 Å². The third-order valence-electron chi connectivity index (χ3n) is 3.78. The van der Waals surface area contributed by atoms with E-state index in [1.165, 1.54) is 0 Å². The van der Waals surface area contributed by atoms with Crippen LogP contribution in [0.1, 0.15) is 20.3 Å². The SMILES string of the molecule is CCN(CC1CCOC1)C(=O)COC1(C)CNC1. The van der Waals surface area contributed by atoms with Crippen LogP contribution in [0.15, 0.2) is 0 Å². The third kappa shape index (κ3) is 3.43. The van der Waals surface area contributed by atoms with Crippen molar-refractivity contribution >= 4 is 5.91 Å². The number of nitrogens with one attached hydrogen (secondary N) is 1. The van der Waals surface area contributed by atoms with Crippen LogP contribution >= 0.6 is 0 Å². The first-order valence-corrected chi connectivity index (χ1v) is 6.83. The highest BCUT2D eigenvalue weighted by Crippen LogP contribution is 2.17. The number of hydrogen-bond donors (Lipinski definition) is 1. The zero-order valence-electron chi connectivity index (χ0n) is 11.4. The van der Waals surface area contributed by atoms with Gasteiger partial charge in [-0.15, -0.1) is 0 Å². The van der Waals surface area contributed by atoms with Gasteiger partial charge in [0.25, 0.3) is 0 Å². The highest BCUT2D eigenvalue weighted by Gasteiger charge is 2.33. The van der Waals surface area contributed by atoms with Gasteiger partial charge >= 0.3 is 0 Å². The van der Waals surface area contributed by atoms with E-state index in [2.05, 4.69) is 5.32 Å². The minimum atomic E-state index is -0.147. The molecule has 1 amide bonds. The lowest BCUT2D eigenvalue weighted by Crippen LogP contribution is -2.59. The van der Waals surface area contributed by atoms with Crippen molar-refractivity contribution in [2.24, 2.45) is 5.92 Å². The lowest BCUT2D eigenvalue weighted by molar-refractivity contribution is -0.146. The van der Waals surface area contributed by atoms with E-state index in [4.69, 9.17) is 9.47 Å². The Hall–Kier alpha value is -0.650. The van der Waals surface area contributed by atoms with Crippen molar-refractivity contribution in [2.75, 3.05) is 46.0 Å².